The Morgan fingerprint density at radius 2 is 1.70 bits per heavy atom. The Morgan fingerprint density at radius 1 is 0.933 bits per heavy atom. The maximum atomic E-state index is 6.78. The van der Waals surface area contributed by atoms with Crippen LogP contribution in [0.1, 0.15) is 94.6 Å². The van der Waals surface area contributed by atoms with Crippen LogP contribution in [-0.4, -0.2) is 12.1 Å². The van der Waals surface area contributed by atoms with Gasteiger partial charge < -0.3 is 8.39 Å². The highest BCUT2D eigenvalue weighted by atomic mass is 31.1. The molecule has 3 nitrogen and oxygen atoms in total. The predicted molar refractivity (Wildman–Crippen MR) is 128 cm³/mol. The minimum Gasteiger partial charge on any atom is -0.408 e. The predicted octanol–water partition coefficient (Wildman–Crippen LogP) is 8.07. The summed E-state index contributed by atoms with van der Waals surface area (Å²) in [6.07, 6.45) is 15.0. The molecule has 0 aliphatic heterocycles. The van der Waals surface area contributed by atoms with Crippen molar-refractivity contribution < 1.29 is 8.39 Å². The van der Waals surface area contributed by atoms with E-state index in [1.807, 2.05) is 0 Å². The van der Waals surface area contributed by atoms with Gasteiger partial charge in [-0.25, -0.2) is 0 Å². The van der Waals surface area contributed by atoms with Crippen molar-refractivity contribution in [2.24, 2.45) is 5.92 Å². The summed E-state index contributed by atoms with van der Waals surface area (Å²) in [7, 11) is -1.18. The van der Waals surface area contributed by atoms with E-state index in [2.05, 4.69) is 56.7 Å². The van der Waals surface area contributed by atoms with Gasteiger partial charge in [0.25, 0.3) is 0 Å². The van der Waals surface area contributed by atoms with Gasteiger partial charge in [0, 0.05) is 23.0 Å². The second-order valence-electron chi connectivity index (χ2n) is 9.96. The van der Waals surface area contributed by atoms with Crippen molar-refractivity contribution in [3.8, 4) is 0 Å². The van der Waals surface area contributed by atoms with Crippen molar-refractivity contribution in [1.82, 2.24) is 0 Å². The van der Waals surface area contributed by atoms with Crippen LogP contribution in [-0.2, 0) is 12.8 Å². The summed E-state index contributed by atoms with van der Waals surface area (Å²) < 4.78 is 16.0. The molecule has 0 amide bonds. The molecule has 3 aliphatic carbocycles. The van der Waals surface area contributed by atoms with Gasteiger partial charge in [0.05, 0.1) is 0 Å². The molecule has 0 spiro atoms. The van der Waals surface area contributed by atoms with Crippen LogP contribution in [0.5, 0.6) is 0 Å². The van der Waals surface area contributed by atoms with Crippen LogP contribution in [0.4, 0.5) is 0 Å². The van der Waals surface area contributed by atoms with Gasteiger partial charge in [-0.1, -0.05) is 25.0 Å². The number of nitrogens with zero attached hydrogens (tertiary/aromatic N) is 1. The maximum Gasteiger partial charge on any atom is 0.310 e. The zero-order valence-corrected chi connectivity index (χ0v) is 19.9. The molecule has 3 atom stereocenters. The number of allylic oxidation sites excluding steroid dienone is 1. The first-order chi connectivity index (χ1) is 14.5. The average molecular weight is 426 g/mol. The summed E-state index contributed by atoms with van der Waals surface area (Å²) in [6, 6.07) is 5.32. The summed E-state index contributed by atoms with van der Waals surface area (Å²) in [5, 5.41) is 1.40. The van der Waals surface area contributed by atoms with E-state index in [0.717, 1.165) is 11.3 Å². The second-order valence-corrected chi connectivity index (χ2v) is 11.3. The number of benzene rings is 1. The lowest BCUT2D eigenvalue weighted by Gasteiger charge is -2.33. The SMILES string of the molecule is CC(C)N(C(C)C)p1oc2c(c3c4c(ccc3o1)CCCC4)[C@H]1CCCC[C@@H]1C=C2. The number of aryl methyl sites for hydroxylation is 2. The molecule has 0 bridgehead atoms. The van der Waals surface area contributed by atoms with Crippen LogP contribution < -0.4 is 4.67 Å². The van der Waals surface area contributed by atoms with E-state index in [1.165, 1.54) is 67.9 Å². The van der Waals surface area contributed by atoms with E-state index in [-0.39, 0.29) is 0 Å². The Labute approximate surface area is 182 Å². The minimum absolute atomic E-state index is 0.370. The molecule has 1 saturated carbocycles. The average Bonchev–Trinajstić information content (AvgIpc) is 2.90. The summed E-state index contributed by atoms with van der Waals surface area (Å²) in [5.41, 5.74) is 5.62. The van der Waals surface area contributed by atoms with Crippen LogP contribution in [0, 0.1) is 5.92 Å². The summed E-state index contributed by atoms with van der Waals surface area (Å²) >= 11 is 0. The number of hydrogen-bond donors (Lipinski definition) is 0. The molecular formula is C26H36NO2P. The first-order valence-corrected chi connectivity index (χ1v) is 13.2. The van der Waals surface area contributed by atoms with Crippen LogP contribution >= 0.6 is 8.16 Å². The lowest BCUT2D eigenvalue weighted by molar-refractivity contribution is 0.356. The van der Waals surface area contributed by atoms with Crippen molar-refractivity contribution in [3.05, 3.63) is 40.7 Å². The highest BCUT2D eigenvalue weighted by molar-refractivity contribution is 7.38. The van der Waals surface area contributed by atoms with Crippen molar-refractivity contribution in [3.63, 3.8) is 0 Å². The van der Waals surface area contributed by atoms with Crippen molar-refractivity contribution in [2.75, 3.05) is 4.67 Å². The third kappa shape index (κ3) is 3.49. The fourth-order valence-electron chi connectivity index (χ4n) is 6.05. The van der Waals surface area contributed by atoms with Crippen LogP contribution in [0.25, 0.3) is 17.0 Å². The molecule has 1 aromatic heterocycles. The van der Waals surface area contributed by atoms with E-state index in [4.69, 9.17) is 8.39 Å². The Bertz CT molecular complexity index is 996. The quantitative estimate of drug-likeness (QED) is 0.498. The molecule has 1 heterocycles. The van der Waals surface area contributed by atoms with E-state index in [1.54, 1.807) is 5.56 Å². The van der Waals surface area contributed by atoms with E-state index >= 15 is 0 Å². The van der Waals surface area contributed by atoms with Gasteiger partial charge in [-0.3, -0.25) is 0 Å². The lowest BCUT2D eigenvalue weighted by atomic mass is 9.71. The summed E-state index contributed by atoms with van der Waals surface area (Å²) in [5.74, 6) is 2.33. The van der Waals surface area contributed by atoms with E-state index < -0.39 is 8.16 Å². The number of hydrogen-bond acceptors (Lipinski definition) is 3. The zero-order valence-electron chi connectivity index (χ0n) is 19.0. The Hall–Kier alpha value is -1.44. The first-order valence-electron chi connectivity index (χ1n) is 12.1. The summed E-state index contributed by atoms with van der Waals surface area (Å²) in [6.45, 7) is 8.99. The molecule has 4 heteroatoms. The number of fused-ring (bicyclic) bond motifs is 7. The molecule has 0 radical (unpaired) electrons. The van der Waals surface area contributed by atoms with Crippen LogP contribution in [0.2, 0.25) is 0 Å². The normalized spacial score (nSPS) is 23.6. The third-order valence-corrected chi connectivity index (χ3v) is 9.32. The van der Waals surface area contributed by atoms with Gasteiger partial charge in [-0.2, -0.15) is 4.67 Å². The van der Waals surface area contributed by atoms with E-state index in [0.29, 0.717) is 23.9 Å². The molecule has 30 heavy (non-hydrogen) atoms. The molecule has 0 N–H and O–H groups in total. The lowest BCUT2D eigenvalue weighted by Crippen LogP contribution is -2.34. The largest absolute Gasteiger partial charge is 0.408 e. The van der Waals surface area contributed by atoms with Gasteiger partial charge in [-0.15, -0.1) is 0 Å². The van der Waals surface area contributed by atoms with Crippen molar-refractivity contribution in [1.29, 1.82) is 0 Å². The Morgan fingerprint density at radius 3 is 2.50 bits per heavy atom. The highest BCUT2D eigenvalue weighted by Gasteiger charge is 2.34. The van der Waals surface area contributed by atoms with Crippen LogP contribution in [0.15, 0.2) is 26.6 Å². The first kappa shape index (κ1) is 20.5. The topological polar surface area (TPSA) is 29.5 Å². The monoisotopic (exact) mass is 425 g/mol. The van der Waals surface area contributed by atoms with Gasteiger partial charge in [0.15, 0.2) is 0 Å². The van der Waals surface area contributed by atoms with E-state index in [9.17, 15) is 0 Å². The molecule has 1 unspecified atom stereocenters. The fraction of sp³-hybridized carbons (Fsp3) is 0.615. The molecule has 162 valence electrons. The fourth-order valence-corrected chi connectivity index (χ4v) is 7.68. The standard InChI is InChI=1S/C26H36NO2P/c1-17(2)27(18(3)4)30-28-23-15-13-19-9-5-7-11-21(19)25(23)26-22-12-8-6-10-20(22)14-16-24(26)29-30/h13-19,21H,5-12H2,1-4H3/t19-,21+,30?/m1/s1. The Kier molecular flexibility index (Phi) is 5.62. The molecule has 1 fully saturated rings. The molecule has 3 aliphatic rings. The number of rotatable bonds is 3. The van der Waals surface area contributed by atoms with Crippen LogP contribution in [0.3, 0.4) is 0 Å². The molecule has 2 aromatic rings. The maximum absolute atomic E-state index is 6.78. The highest BCUT2D eigenvalue weighted by Crippen LogP contribution is 2.50. The van der Waals surface area contributed by atoms with Gasteiger partial charge in [-0.05, 0) is 101 Å². The van der Waals surface area contributed by atoms with Gasteiger partial charge in [0.2, 0.25) is 0 Å². The summed E-state index contributed by atoms with van der Waals surface area (Å²) in [4.78, 5) is 0. The van der Waals surface area contributed by atoms with Gasteiger partial charge >= 0.3 is 8.16 Å². The molecule has 5 rings (SSSR count). The van der Waals surface area contributed by atoms with Gasteiger partial charge in [0.1, 0.15) is 11.3 Å². The molecule has 1 aromatic carbocycles. The Balaban J connectivity index is 1.84. The second kappa shape index (κ2) is 8.24. The molecular weight excluding hydrogens is 389 g/mol. The zero-order chi connectivity index (χ0) is 20.8. The molecule has 0 saturated heterocycles. The van der Waals surface area contributed by atoms with Crippen molar-refractivity contribution in [2.45, 2.75) is 97.1 Å². The van der Waals surface area contributed by atoms with Crippen molar-refractivity contribution >= 4 is 25.2 Å². The smallest absolute Gasteiger partial charge is 0.310 e. The third-order valence-electron chi connectivity index (χ3n) is 7.31. The minimum atomic E-state index is -1.18.